The third-order valence-electron chi connectivity index (χ3n) is 4.28. The Balaban J connectivity index is 2.03. The molecule has 0 saturated carbocycles. The second-order valence-corrected chi connectivity index (χ2v) is 5.90. The number of aromatic nitrogens is 1. The molecular formula is C20H19N3O5. The summed E-state index contributed by atoms with van der Waals surface area (Å²) < 4.78 is 12.1. The van der Waals surface area contributed by atoms with E-state index in [4.69, 9.17) is 9.47 Å². The standard InChI is InChI=1S/C20H19N3O5/c1-4-23-11-15(20(25)26)19(24)14-7-5-12(9-16(14)23)21-22-13-6-8-17(27-2)18(10-13)28-3/h5-11H,4H2,1-3H3,(H,25,26). The summed E-state index contributed by atoms with van der Waals surface area (Å²) in [6.45, 7) is 2.38. The molecular weight excluding hydrogens is 362 g/mol. The summed E-state index contributed by atoms with van der Waals surface area (Å²) in [5.41, 5.74) is 0.935. The number of aryl methyl sites for hydroxylation is 1. The number of azo groups is 1. The second-order valence-electron chi connectivity index (χ2n) is 5.90. The van der Waals surface area contributed by atoms with Crippen LogP contribution in [0.25, 0.3) is 10.9 Å². The molecule has 3 aromatic rings. The average Bonchev–Trinajstić information content (AvgIpc) is 2.71. The Hall–Kier alpha value is -3.68. The zero-order chi connectivity index (χ0) is 20.3. The van der Waals surface area contributed by atoms with Crippen LogP contribution in [-0.2, 0) is 6.54 Å². The van der Waals surface area contributed by atoms with Crippen LogP contribution >= 0.6 is 0 Å². The highest BCUT2D eigenvalue weighted by Crippen LogP contribution is 2.32. The van der Waals surface area contributed by atoms with Crippen LogP contribution in [0.3, 0.4) is 0 Å². The topological polar surface area (TPSA) is 102 Å². The average molecular weight is 381 g/mol. The van der Waals surface area contributed by atoms with Crippen LogP contribution in [0.5, 0.6) is 11.5 Å². The van der Waals surface area contributed by atoms with Gasteiger partial charge < -0.3 is 19.1 Å². The van der Waals surface area contributed by atoms with Crippen LogP contribution in [-0.4, -0.2) is 29.9 Å². The number of fused-ring (bicyclic) bond motifs is 1. The first-order chi connectivity index (χ1) is 13.5. The summed E-state index contributed by atoms with van der Waals surface area (Å²) in [6, 6.07) is 10.1. The highest BCUT2D eigenvalue weighted by atomic mass is 16.5. The van der Waals surface area contributed by atoms with Crippen molar-refractivity contribution >= 4 is 28.2 Å². The third-order valence-corrected chi connectivity index (χ3v) is 4.28. The van der Waals surface area contributed by atoms with Gasteiger partial charge in [-0.25, -0.2) is 4.79 Å². The van der Waals surface area contributed by atoms with Crippen molar-refractivity contribution in [2.24, 2.45) is 10.2 Å². The van der Waals surface area contributed by atoms with Crippen molar-refractivity contribution in [1.29, 1.82) is 0 Å². The second kappa shape index (κ2) is 7.91. The Morgan fingerprint density at radius 3 is 2.29 bits per heavy atom. The fourth-order valence-corrected chi connectivity index (χ4v) is 2.86. The van der Waals surface area contributed by atoms with Crippen molar-refractivity contribution in [3.05, 3.63) is 58.4 Å². The van der Waals surface area contributed by atoms with Gasteiger partial charge in [0.15, 0.2) is 11.5 Å². The monoisotopic (exact) mass is 381 g/mol. The predicted octanol–water partition coefficient (Wildman–Crippen LogP) is 4.15. The third kappa shape index (κ3) is 3.57. The van der Waals surface area contributed by atoms with Gasteiger partial charge in [0.2, 0.25) is 5.43 Å². The van der Waals surface area contributed by atoms with E-state index in [9.17, 15) is 14.7 Å². The van der Waals surface area contributed by atoms with Gasteiger partial charge in [0.1, 0.15) is 5.56 Å². The van der Waals surface area contributed by atoms with E-state index in [0.29, 0.717) is 40.3 Å². The van der Waals surface area contributed by atoms with Gasteiger partial charge >= 0.3 is 5.97 Å². The van der Waals surface area contributed by atoms with Crippen molar-refractivity contribution < 1.29 is 19.4 Å². The number of hydrogen-bond acceptors (Lipinski definition) is 6. The van der Waals surface area contributed by atoms with Gasteiger partial charge in [0.05, 0.1) is 31.1 Å². The molecule has 3 rings (SSSR count). The lowest BCUT2D eigenvalue weighted by Gasteiger charge is -2.10. The van der Waals surface area contributed by atoms with Gasteiger partial charge in [-0.05, 0) is 37.3 Å². The number of aromatic carboxylic acids is 1. The number of carboxylic acids is 1. The number of pyridine rings is 1. The number of methoxy groups -OCH3 is 2. The smallest absolute Gasteiger partial charge is 0.341 e. The maximum Gasteiger partial charge on any atom is 0.341 e. The van der Waals surface area contributed by atoms with Gasteiger partial charge in [0, 0.05) is 24.2 Å². The fourth-order valence-electron chi connectivity index (χ4n) is 2.86. The molecule has 0 radical (unpaired) electrons. The van der Waals surface area contributed by atoms with Crippen LogP contribution in [0, 0.1) is 0 Å². The fraction of sp³-hybridized carbons (Fsp3) is 0.200. The van der Waals surface area contributed by atoms with Crippen LogP contribution in [0.1, 0.15) is 17.3 Å². The molecule has 0 bridgehead atoms. The van der Waals surface area contributed by atoms with Crippen LogP contribution in [0.15, 0.2) is 57.6 Å². The lowest BCUT2D eigenvalue weighted by atomic mass is 10.1. The number of carboxylic acid groups (broad SMARTS) is 1. The number of carbonyl (C=O) groups is 1. The number of rotatable bonds is 6. The minimum atomic E-state index is -1.24. The van der Waals surface area contributed by atoms with E-state index in [2.05, 4.69) is 10.2 Å². The molecule has 0 aliphatic carbocycles. The molecule has 0 unspecified atom stereocenters. The molecule has 0 fully saturated rings. The Morgan fingerprint density at radius 1 is 1.04 bits per heavy atom. The summed E-state index contributed by atoms with van der Waals surface area (Å²) >= 11 is 0. The predicted molar refractivity (Wildman–Crippen MR) is 105 cm³/mol. The molecule has 2 aromatic carbocycles. The molecule has 8 heteroatoms. The Bertz CT molecular complexity index is 1130. The minimum Gasteiger partial charge on any atom is -0.493 e. The molecule has 8 nitrogen and oxygen atoms in total. The van der Waals surface area contributed by atoms with Crippen molar-refractivity contribution in [2.75, 3.05) is 14.2 Å². The quantitative estimate of drug-likeness (QED) is 0.646. The van der Waals surface area contributed by atoms with Crippen molar-refractivity contribution in [1.82, 2.24) is 4.57 Å². The molecule has 0 aliphatic rings. The van der Waals surface area contributed by atoms with Crippen LogP contribution < -0.4 is 14.9 Å². The largest absolute Gasteiger partial charge is 0.493 e. The molecule has 0 aliphatic heterocycles. The minimum absolute atomic E-state index is 0.256. The molecule has 0 amide bonds. The summed E-state index contributed by atoms with van der Waals surface area (Å²) in [4.78, 5) is 23.7. The molecule has 1 aromatic heterocycles. The molecule has 0 spiro atoms. The first-order valence-corrected chi connectivity index (χ1v) is 8.52. The van der Waals surface area contributed by atoms with E-state index < -0.39 is 11.4 Å². The van der Waals surface area contributed by atoms with Gasteiger partial charge in [-0.3, -0.25) is 4.79 Å². The lowest BCUT2D eigenvalue weighted by Crippen LogP contribution is -2.18. The summed E-state index contributed by atoms with van der Waals surface area (Å²) in [5, 5.41) is 18.0. The van der Waals surface area contributed by atoms with E-state index in [1.165, 1.54) is 13.3 Å². The zero-order valence-electron chi connectivity index (χ0n) is 15.7. The molecule has 0 saturated heterocycles. The highest BCUT2D eigenvalue weighted by molar-refractivity contribution is 5.93. The van der Waals surface area contributed by atoms with Gasteiger partial charge in [-0.1, -0.05) is 0 Å². The maximum absolute atomic E-state index is 12.4. The Morgan fingerprint density at radius 2 is 1.68 bits per heavy atom. The Kier molecular flexibility index (Phi) is 5.39. The van der Waals surface area contributed by atoms with E-state index in [0.717, 1.165) is 0 Å². The lowest BCUT2D eigenvalue weighted by molar-refractivity contribution is 0.0695. The van der Waals surface area contributed by atoms with E-state index in [-0.39, 0.29) is 5.56 Å². The highest BCUT2D eigenvalue weighted by Gasteiger charge is 2.14. The summed E-state index contributed by atoms with van der Waals surface area (Å²) in [7, 11) is 3.09. The molecule has 1 heterocycles. The first kappa shape index (κ1) is 19.1. The maximum atomic E-state index is 12.4. The van der Waals surface area contributed by atoms with Crippen molar-refractivity contribution in [3.8, 4) is 11.5 Å². The van der Waals surface area contributed by atoms with Crippen molar-refractivity contribution in [3.63, 3.8) is 0 Å². The van der Waals surface area contributed by atoms with E-state index in [1.807, 2.05) is 6.92 Å². The summed E-state index contributed by atoms with van der Waals surface area (Å²) in [5.74, 6) is -0.113. The van der Waals surface area contributed by atoms with Crippen LogP contribution in [0.2, 0.25) is 0 Å². The number of hydrogen-bond donors (Lipinski definition) is 1. The van der Waals surface area contributed by atoms with Crippen molar-refractivity contribution in [2.45, 2.75) is 13.5 Å². The van der Waals surface area contributed by atoms with Gasteiger partial charge in [-0.15, -0.1) is 0 Å². The van der Waals surface area contributed by atoms with Gasteiger partial charge in [0.25, 0.3) is 0 Å². The number of benzene rings is 2. The first-order valence-electron chi connectivity index (χ1n) is 8.52. The van der Waals surface area contributed by atoms with E-state index in [1.54, 1.807) is 48.1 Å². The molecule has 28 heavy (non-hydrogen) atoms. The number of nitrogens with zero attached hydrogens (tertiary/aromatic N) is 3. The Labute approximate surface area is 160 Å². The summed E-state index contributed by atoms with van der Waals surface area (Å²) in [6.07, 6.45) is 1.35. The molecule has 144 valence electrons. The van der Waals surface area contributed by atoms with Gasteiger partial charge in [-0.2, -0.15) is 10.2 Å². The van der Waals surface area contributed by atoms with Crippen LogP contribution in [0.4, 0.5) is 11.4 Å². The zero-order valence-corrected chi connectivity index (χ0v) is 15.7. The SMILES string of the molecule is CCn1cc(C(=O)O)c(=O)c2ccc(N=Nc3ccc(OC)c(OC)c3)cc21. The van der Waals surface area contributed by atoms with E-state index >= 15 is 0 Å². The molecule has 1 N–H and O–H groups in total. The number of ether oxygens (including phenoxy) is 2. The normalized spacial score (nSPS) is 11.1. The molecule has 0 atom stereocenters.